The molecule has 4 aromatic carbocycles. The number of hydrogen-bond donors (Lipinski definition) is 0. The van der Waals surface area contributed by atoms with Crippen molar-refractivity contribution in [3.63, 3.8) is 0 Å². The average molecular weight is 996 g/mol. The number of nitrogens with zero attached hydrogens (tertiary/aromatic N) is 6. The maximum absolute atomic E-state index is 14.5. The van der Waals surface area contributed by atoms with Crippen LogP contribution in [0.3, 0.4) is 0 Å². The first-order valence-corrected chi connectivity index (χ1v) is 23.9. The van der Waals surface area contributed by atoms with E-state index >= 15 is 0 Å². The van der Waals surface area contributed by atoms with Gasteiger partial charge in [0.05, 0.1) is 21.7 Å². The Morgan fingerprint density at radius 2 is 1.71 bits per heavy atom. The zero-order valence-corrected chi connectivity index (χ0v) is 40.7. The highest BCUT2D eigenvalue weighted by molar-refractivity contribution is 7.22. The van der Waals surface area contributed by atoms with Crippen molar-refractivity contribution in [3.8, 4) is 61.8 Å². The number of alkyl halides is 2. The number of ether oxygens (including phenoxy) is 6. The monoisotopic (exact) mass is 994 g/mol. The summed E-state index contributed by atoms with van der Waals surface area (Å²) >= 11 is 8.66. The van der Waals surface area contributed by atoms with Gasteiger partial charge in [0.2, 0.25) is 12.0 Å². The maximum atomic E-state index is 14.5. The summed E-state index contributed by atoms with van der Waals surface area (Å²) in [5.74, 6) is 0.447. The minimum absolute atomic E-state index is 0.0720. The van der Waals surface area contributed by atoms with Crippen LogP contribution >= 0.6 is 22.9 Å². The van der Waals surface area contributed by atoms with Crippen LogP contribution in [0.1, 0.15) is 37.6 Å². The van der Waals surface area contributed by atoms with Crippen molar-refractivity contribution in [2.75, 3.05) is 46.4 Å². The molecule has 0 radical (unpaired) electrons. The Labute approximate surface area is 412 Å². The van der Waals surface area contributed by atoms with E-state index in [1.54, 1.807) is 75.4 Å². The number of piperazine rings is 1. The Morgan fingerprint density at radius 1 is 0.929 bits per heavy atom. The molecule has 6 heterocycles. The van der Waals surface area contributed by atoms with Crippen molar-refractivity contribution in [2.24, 2.45) is 0 Å². The normalized spacial score (nSPS) is 16.8. The van der Waals surface area contributed by atoms with Crippen LogP contribution in [-0.4, -0.2) is 107 Å². The molecule has 0 saturated carbocycles. The Kier molecular flexibility index (Phi) is 14.4. The molecule has 70 heavy (non-hydrogen) atoms. The van der Waals surface area contributed by atoms with Crippen LogP contribution in [0.25, 0.3) is 43.2 Å². The molecule has 0 amide bonds. The predicted molar refractivity (Wildman–Crippen MR) is 261 cm³/mol. The summed E-state index contributed by atoms with van der Waals surface area (Å²) in [4.78, 5) is 38.7. The zero-order chi connectivity index (χ0) is 49.1. The zero-order valence-electron chi connectivity index (χ0n) is 39.1. The lowest BCUT2D eigenvalue weighted by atomic mass is 9.96. The van der Waals surface area contributed by atoms with E-state index in [0.29, 0.717) is 61.4 Å². The number of hydrogen-bond acceptors (Lipinski definition) is 14. The summed E-state index contributed by atoms with van der Waals surface area (Å²) in [6.45, 7) is 8.28. The fourth-order valence-electron chi connectivity index (χ4n) is 8.32. The molecular formula is C52H50ClF3N6O7S. The Balaban J connectivity index is 1.16. The lowest BCUT2D eigenvalue weighted by Crippen LogP contribution is -2.49. The standard InChI is InChI=1S/C52H50ClF3N6O7S/c1-30-37-15-17-41(45(30)53)66-36(26-62-22-20-61(5)21-23-62)28-64-35-14-16-39(65-27-34-18-19-57-47(60-34)38-8-6-7-9-40(38)68-51(55)56)32(24-35)25-42(50(63)69-52(2,3)4)67-48-44-43(37)46(70-49(44)59-29-58-48)31-10-12-33(54)13-11-31/h6-19,24,29,36,42,51H,20-23,25-28H2,1-5H3/t36-,42-/m1/s1. The van der Waals surface area contributed by atoms with Crippen LogP contribution in [0.4, 0.5) is 13.2 Å². The highest BCUT2D eigenvalue weighted by atomic mass is 35.5. The number of likely N-dealkylation sites (N-methyl/N-ethyl adjacent to an activating group) is 1. The van der Waals surface area contributed by atoms with Crippen LogP contribution < -0.4 is 23.7 Å². The molecule has 1 saturated heterocycles. The molecule has 0 aliphatic carbocycles. The van der Waals surface area contributed by atoms with Gasteiger partial charge in [0.1, 0.15) is 64.9 Å². The molecule has 2 atom stereocenters. The number of halogens is 4. The first-order chi connectivity index (χ1) is 33.7. The van der Waals surface area contributed by atoms with Crippen LogP contribution in [0.2, 0.25) is 5.02 Å². The molecule has 4 bridgehead atoms. The minimum Gasteiger partial charge on any atom is -0.490 e. The number of carbonyl (C=O) groups excluding carboxylic acids is 1. The molecule has 364 valence electrons. The van der Waals surface area contributed by atoms with Crippen molar-refractivity contribution in [1.82, 2.24) is 29.7 Å². The number of rotatable bonds is 10. The van der Waals surface area contributed by atoms with E-state index in [2.05, 4.69) is 36.8 Å². The number of para-hydroxylation sites is 1. The van der Waals surface area contributed by atoms with E-state index in [4.69, 9.17) is 40.0 Å². The van der Waals surface area contributed by atoms with Crippen molar-refractivity contribution < 1.29 is 46.4 Å². The van der Waals surface area contributed by atoms with Gasteiger partial charge in [-0.25, -0.2) is 29.1 Å². The van der Waals surface area contributed by atoms with E-state index in [1.807, 2.05) is 19.1 Å². The molecule has 0 N–H and O–H groups in total. The second kappa shape index (κ2) is 20.8. The molecule has 1 fully saturated rings. The lowest BCUT2D eigenvalue weighted by molar-refractivity contribution is -0.163. The number of thiophene rings is 1. The van der Waals surface area contributed by atoms with Crippen LogP contribution in [-0.2, 0) is 22.6 Å². The third-order valence-corrected chi connectivity index (χ3v) is 13.4. The molecule has 0 spiro atoms. The number of benzene rings is 4. The first kappa shape index (κ1) is 48.5. The highest BCUT2D eigenvalue weighted by Crippen LogP contribution is 2.50. The summed E-state index contributed by atoms with van der Waals surface area (Å²) < 4.78 is 78.4. The lowest BCUT2D eigenvalue weighted by Gasteiger charge is -2.34. The Bertz CT molecular complexity index is 3000. The fraction of sp³-hybridized carbons (Fsp3) is 0.327. The summed E-state index contributed by atoms with van der Waals surface area (Å²) in [5, 5.41) is 0.907. The van der Waals surface area contributed by atoms with Crippen molar-refractivity contribution >= 4 is 39.1 Å². The van der Waals surface area contributed by atoms with Crippen LogP contribution in [0.5, 0.6) is 28.9 Å². The topological polar surface area (TPSA) is 130 Å². The van der Waals surface area contributed by atoms with Gasteiger partial charge in [-0.1, -0.05) is 41.9 Å². The number of esters is 1. The van der Waals surface area contributed by atoms with Crippen molar-refractivity contribution in [3.05, 3.63) is 125 Å². The van der Waals surface area contributed by atoms with Gasteiger partial charge in [-0.3, -0.25) is 4.90 Å². The third kappa shape index (κ3) is 11.2. The maximum Gasteiger partial charge on any atom is 0.387 e. The molecule has 3 aromatic heterocycles. The summed E-state index contributed by atoms with van der Waals surface area (Å²) in [6, 6.07) is 23.2. The second-order valence-electron chi connectivity index (χ2n) is 18.0. The molecule has 13 nitrogen and oxygen atoms in total. The number of aromatic nitrogens is 4. The van der Waals surface area contributed by atoms with E-state index in [1.165, 1.54) is 42.1 Å². The van der Waals surface area contributed by atoms with Gasteiger partial charge in [-0.2, -0.15) is 8.78 Å². The van der Waals surface area contributed by atoms with Gasteiger partial charge in [0.15, 0.2) is 5.82 Å². The molecule has 10 rings (SSSR count). The largest absolute Gasteiger partial charge is 0.490 e. The summed E-state index contributed by atoms with van der Waals surface area (Å²) in [7, 11) is 2.10. The van der Waals surface area contributed by atoms with Gasteiger partial charge < -0.3 is 33.3 Å². The second-order valence-corrected chi connectivity index (χ2v) is 19.4. The van der Waals surface area contributed by atoms with Gasteiger partial charge in [-0.05, 0) is 106 Å². The van der Waals surface area contributed by atoms with Gasteiger partial charge in [0.25, 0.3) is 0 Å². The summed E-state index contributed by atoms with van der Waals surface area (Å²) in [6.07, 6.45) is 1.03. The molecular weight excluding hydrogens is 945 g/mol. The molecule has 0 unspecified atom stereocenters. The van der Waals surface area contributed by atoms with Crippen LogP contribution in [0.15, 0.2) is 97.5 Å². The number of fused-ring (bicyclic) bond motifs is 7. The van der Waals surface area contributed by atoms with Gasteiger partial charge in [-0.15, -0.1) is 11.3 Å². The molecule has 7 aromatic rings. The quantitative estimate of drug-likeness (QED) is 0.121. The third-order valence-electron chi connectivity index (χ3n) is 11.8. The van der Waals surface area contributed by atoms with Crippen molar-refractivity contribution in [1.29, 1.82) is 0 Å². The Morgan fingerprint density at radius 3 is 2.49 bits per heavy atom. The average Bonchev–Trinajstić information content (AvgIpc) is 3.72. The molecule has 3 aliphatic rings. The van der Waals surface area contributed by atoms with Crippen LogP contribution in [0, 0.1) is 12.7 Å². The molecule has 3 aliphatic heterocycles. The smallest absolute Gasteiger partial charge is 0.387 e. The molecule has 18 heteroatoms. The van der Waals surface area contributed by atoms with E-state index in [-0.39, 0.29) is 48.5 Å². The SMILES string of the molecule is Cc1c2ccc(c1Cl)O[C@H](CN1CCN(C)CC1)COc1ccc(OCc3ccnc(-c4ccccc4OC(F)F)n3)c(c1)C[C@H](C(=O)OC(C)(C)C)Oc1ncnc3sc(-c4ccc(F)cc4)c-2c13. The highest BCUT2D eigenvalue weighted by Gasteiger charge is 2.33. The van der Waals surface area contributed by atoms with Crippen molar-refractivity contribution in [2.45, 2.75) is 65.1 Å². The Hall–Kier alpha value is -6.53. The first-order valence-electron chi connectivity index (χ1n) is 22.7. The fourth-order valence-corrected chi connectivity index (χ4v) is 9.68. The van der Waals surface area contributed by atoms with Gasteiger partial charge >= 0.3 is 12.6 Å². The number of carbonyl (C=O) groups is 1. The van der Waals surface area contributed by atoms with E-state index in [0.717, 1.165) is 42.2 Å². The summed E-state index contributed by atoms with van der Waals surface area (Å²) in [5.41, 5.74) is 3.17. The van der Waals surface area contributed by atoms with Gasteiger partial charge in [0, 0.05) is 61.3 Å². The van der Waals surface area contributed by atoms with E-state index < -0.39 is 30.4 Å². The van der Waals surface area contributed by atoms with E-state index in [9.17, 15) is 18.0 Å². The predicted octanol–water partition coefficient (Wildman–Crippen LogP) is 10.5. The minimum atomic E-state index is -3.04.